The first-order valence-electron chi connectivity index (χ1n) is 5.50. The van der Waals surface area contributed by atoms with Crippen molar-refractivity contribution in [2.24, 2.45) is 5.84 Å². The van der Waals surface area contributed by atoms with Crippen LogP contribution in [0.15, 0.2) is 24.3 Å². The van der Waals surface area contributed by atoms with Crippen molar-refractivity contribution < 1.29 is 9.47 Å². The molecule has 0 aliphatic heterocycles. The summed E-state index contributed by atoms with van der Waals surface area (Å²) in [6.07, 6.45) is 0.824. The van der Waals surface area contributed by atoms with Gasteiger partial charge in [-0.25, -0.2) is 0 Å². The molecule has 90 valence electrons. The average molecular weight is 224 g/mol. The first kappa shape index (κ1) is 13.0. The minimum atomic E-state index is 0.0581. The van der Waals surface area contributed by atoms with Crippen LogP contribution in [0.25, 0.3) is 0 Å². The van der Waals surface area contributed by atoms with Gasteiger partial charge in [-0.15, -0.1) is 0 Å². The van der Waals surface area contributed by atoms with Crippen LogP contribution in [0.5, 0.6) is 5.75 Å². The zero-order valence-electron chi connectivity index (χ0n) is 9.90. The molecule has 0 bridgehead atoms. The minimum Gasteiger partial charge on any atom is -0.496 e. The van der Waals surface area contributed by atoms with Gasteiger partial charge in [0.2, 0.25) is 0 Å². The van der Waals surface area contributed by atoms with Gasteiger partial charge >= 0.3 is 0 Å². The summed E-state index contributed by atoms with van der Waals surface area (Å²) in [4.78, 5) is 0. The van der Waals surface area contributed by atoms with Crippen LogP contribution in [0.2, 0.25) is 0 Å². The zero-order chi connectivity index (χ0) is 11.8. The van der Waals surface area contributed by atoms with E-state index in [1.54, 1.807) is 7.11 Å². The molecule has 0 radical (unpaired) electrons. The number of nitrogens with one attached hydrogen (secondary N) is 1. The summed E-state index contributed by atoms with van der Waals surface area (Å²) in [5.41, 5.74) is 3.85. The van der Waals surface area contributed by atoms with Crippen LogP contribution >= 0.6 is 0 Å². The molecule has 0 heterocycles. The van der Waals surface area contributed by atoms with Crippen LogP contribution < -0.4 is 16.0 Å². The molecule has 16 heavy (non-hydrogen) atoms. The van der Waals surface area contributed by atoms with Crippen molar-refractivity contribution in [1.82, 2.24) is 5.43 Å². The molecule has 1 aromatic carbocycles. The number of hydrogen-bond acceptors (Lipinski definition) is 4. The Morgan fingerprint density at radius 3 is 2.75 bits per heavy atom. The Bertz CT molecular complexity index is 305. The van der Waals surface area contributed by atoms with Gasteiger partial charge in [-0.2, -0.15) is 0 Å². The molecule has 0 spiro atoms. The largest absolute Gasteiger partial charge is 0.496 e. The van der Waals surface area contributed by atoms with Crippen LogP contribution in [-0.4, -0.2) is 20.3 Å². The molecule has 0 amide bonds. The van der Waals surface area contributed by atoms with E-state index in [0.29, 0.717) is 6.61 Å². The standard InChI is InChI=1S/C12H20N2O2/c1-3-16-9-8-11(14-13)10-6-4-5-7-12(10)15-2/h4-7,11,14H,3,8-9,13H2,1-2H3. The molecule has 4 heteroatoms. The molecular formula is C12H20N2O2. The van der Waals surface area contributed by atoms with Crippen molar-refractivity contribution in [3.8, 4) is 5.75 Å². The second-order valence-corrected chi connectivity index (χ2v) is 3.45. The number of nitrogens with two attached hydrogens (primary N) is 1. The second kappa shape index (κ2) is 7.22. The summed E-state index contributed by atoms with van der Waals surface area (Å²) >= 11 is 0. The molecule has 4 nitrogen and oxygen atoms in total. The van der Waals surface area contributed by atoms with Gasteiger partial charge in [0, 0.05) is 18.8 Å². The first-order chi connectivity index (χ1) is 7.83. The lowest BCUT2D eigenvalue weighted by atomic mass is 10.0. The van der Waals surface area contributed by atoms with Crippen LogP contribution in [0.3, 0.4) is 0 Å². The Morgan fingerprint density at radius 1 is 1.38 bits per heavy atom. The number of ether oxygens (including phenoxy) is 2. The van der Waals surface area contributed by atoms with Crippen LogP contribution in [0.1, 0.15) is 24.9 Å². The Morgan fingerprint density at radius 2 is 2.12 bits per heavy atom. The van der Waals surface area contributed by atoms with Gasteiger partial charge in [-0.3, -0.25) is 11.3 Å². The summed E-state index contributed by atoms with van der Waals surface area (Å²) in [5, 5.41) is 0. The van der Waals surface area contributed by atoms with Gasteiger partial charge in [0.15, 0.2) is 0 Å². The monoisotopic (exact) mass is 224 g/mol. The Balaban J connectivity index is 2.69. The lowest BCUT2D eigenvalue weighted by molar-refractivity contribution is 0.136. The summed E-state index contributed by atoms with van der Waals surface area (Å²) in [6, 6.07) is 7.92. The lowest BCUT2D eigenvalue weighted by Crippen LogP contribution is -2.29. The molecule has 0 saturated heterocycles. The zero-order valence-corrected chi connectivity index (χ0v) is 9.90. The van der Waals surface area contributed by atoms with Crippen molar-refractivity contribution in [3.05, 3.63) is 29.8 Å². The van der Waals surface area contributed by atoms with Crippen molar-refractivity contribution in [1.29, 1.82) is 0 Å². The summed E-state index contributed by atoms with van der Waals surface area (Å²) in [7, 11) is 1.66. The normalized spacial score (nSPS) is 12.4. The SMILES string of the molecule is CCOCCC(NN)c1ccccc1OC. The molecule has 1 unspecified atom stereocenters. The highest BCUT2D eigenvalue weighted by molar-refractivity contribution is 5.35. The Labute approximate surface area is 96.7 Å². The number of para-hydroxylation sites is 1. The second-order valence-electron chi connectivity index (χ2n) is 3.45. The Kier molecular flexibility index (Phi) is 5.85. The maximum absolute atomic E-state index is 5.55. The maximum atomic E-state index is 5.55. The van der Waals surface area contributed by atoms with Gasteiger partial charge in [-0.05, 0) is 19.4 Å². The van der Waals surface area contributed by atoms with Crippen molar-refractivity contribution in [2.75, 3.05) is 20.3 Å². The third-order valence-corrected chi connectivity index (χ3v) is 2.47. The number of benzene rings is 1. The highest BCUT2D eigenvalue weighted by atomic mass is 16.5. The van der Waals surface area contributed by atoms with Crippen LogP contribution in [0.4, 0.5) is 0 Å². The van der Waals surface area contributed by atoms with E-state index in [-0.39, 0.29) is 6.04 Å². The quantitative estimate of drug-likeness (QED) is 0.420. The van der Waals surface area contributed by atoms with E-state index in [1.807, 2.05) is 31.2 Å². The Hall–Kier alpha value is -1.10. The van der Waals surface area contributed by atoms with Gasteiger partial charge < -0.3 is 9.47 Å². The third kappa shape index (κ3) is 3.48. The van der Waals surface area contributed by atoms with E-state index in [9.17, 15) is 0 Å². The minimum absolute atomic E-state index is 0.0581. The van der Waals surface area contributed by atoms with Gasteiger partial charge in [0.05, 0.1) is 13.2 Å². The predicted octanol–water partition coefficient (Wildman–Crippen LogP) is 1.63. The number of methoxy groups -OCH3 is 1. The molecule has 0 aliphatic rings. The first-order valence-corrected chi connectivity index (χ1v) is 5.50. The van der Waals surface area contributed by atoms with E-state index < -0.39 is 0 Å². The number of rotatable bonds is 7. The fourth-order valence-corrected chi connectivity index (χ4v) is 1.63. The summed E-state index contributed by atoms with van der Waals surface area (Å²) in [6.45, 7) is 3.39. The van der Waals surface area contributed by atoms with Gasteiger partial charge in [-0.1, -0.05) is 18.2 Å². The van der Waals surface area contributed by atoms with E-state index in [1.165, 1.54) is 0 Å². The average Bonchev–Trinajstić information content (AvgIpc) is 2.35. The third-order valence-electron chi connectivity index (χ3n) is 2.47. The molecule has 1 aromatic rings. The number of hydrogen-bond donors (Lipinski definition) is 2. The van der Waals surface area contributed by atoms with Crippen LogP contribution in [0, 0.1) is 0 Å². The lowest BCUT2D eigenvalue weighted by Gasteiger charge is -2.18. The topological polar surface area (TPSA) is 56.5 Å². The van der Waals surface area contributed by atoms with E-state index >= 15 is 0 Å². The van der Waals surface area contributed by atoms with Gasteiger partial charge in [0.25, 0.3) is 0 Å². The molecular weight excluding hydrogens is 204 g/mol. The summed E-state index contributed by atoms with van der Waals surface area (Å²) < 4.78 is 10.6. The van der Waals surface area contributed by atoms with Crippen molar-refractivity contribution >= 4 is 0 Å². The van der Waals surface area contributed by atoms with E-state index in [4.69, 9.17) is 15.3 Å². The van der Waals surface area contributed by atoms with Gasteiger partial charge in [0.1, 0.15) is 5.75 Å². The molecule has 0 saturated carbocycles. The molecule has 3 N–H and O–H groups in total. The highest BCUT2D eigenvalue weighted by Crippen LogP contribution is 2.26. The van der Waals surface area contributed by atoms with E-state index in [0.717, 1.165) is 24.3 Å². The van der Waals surface area contributed by atoms with Crippen molar-refractivity contribution in [2.45, 2.75) is 19.4 Å². The fraction of sp³-hybridized carbons (Fsp3) is 0.500. The smallest absolute Gasteiger partial charge is 0.123 e. The molecule has 0 fully saturated rings. The predicted molar refractivity (Wildman–Crippen MR) is 64.2 cm³/mol. The molecule has 0 aromatic heterocycles. The highest BCUT2D eigenvalue weighted by Gasteiger charge is 2.13. The molecule has 1 rings (SSSR count). The van der Waals surface area contributed by atoms with Crippen molar-refractivity contribution in [3.63, 3.8) is 0 Å². The molecule has 0 aliphatic carbocycles. The van der Waals surface area contributed by atoms with Crippen LogP contribution in [-0.2, 0) is 4.74 Å². The summed E-state index contributed by atoms with van der Waals surface area (Å²) in [5.74, 6) is 6.40. The molecule has 1 atom stereocenters. The van der Waals surface area contributed by atoms with E-state index in [2.05, 4.69) is 5.43 Å². The number of hydrazine groups is 1. The fourth-order valence-electron chi connectivity index (χ4n) is 1.63. The maximum Gasteiger partial charge on any atom is 0.123 e.